The van der Waals surface area contributed by atoms with E-state index in [9.17, 15) is 13.2 Å². The standard InChI is InChI=1S/C12H23N3O3S/c1-9(16)14-6-10-2-4-15(5-3-10)12-8-19(17,18)7-11(12)13/h10-12H,2-8,13H2,1H3,(H,14,16). The molecule has 0 aromatic carbocycles. The predicted octanol–water partition coefficient (Wildman–Crippen LogP) is -1.04. The minimum atomic E-state index is -2.95. The lowest BCUT2D eigenvalue weighted by Crippen LogP contribution is -2.50. The number of sulfone groups is 1. The van der Waals surface area contributed by atoms with Crippen molar-refractivity contribution in [2.45, 2.75) is 31.8 Å². The summed E-state index contributed by atoms with van der Waals surface area (Å²) in [5, 5.41) is 2.84. The summed E-state index contributed by atoms with van der Waals surface area (Å²) >= 11 is 0. The summed E-state index contributed by atoms with van der Waals surface area (Å²) in [7, 11) is -2.95. The average molecular weight is 289 g/mol. The number of carbonyl (C=O) groups excluding carboxylic acids is 1. The second-order valence-corrected chi connectivity index (χ2v) is 7.88. The van der Waals surface area contributed by atoms with Gasteiger partial charge in [-0.1, -0.05) is 0 Å². The number of nitrogens with zero attached hydrogens (tertiary/aromatic N) is 1. The van der Waals surface area contributed by atoms with Crippen LogP contribution in [-0.2, 0) is 14.6 Å². The Morgan fingerprint density at radius 2 is 1.95 bits per heavy atom. The van der Waals surface area contributed by atoms with Crippen LogP contribution in [0.3, 0.4) is 0 Å². The van der Waals surface area contributed by atoms with E-state index in [1.54, 1.807) is 0 Å². The summed E-state index contributed by atoms with van der Waals surface area (Å²) in [6.45, 7) is 3.99. The molecular weight excluding hydrogens is 266 g/mol. The van der Waals surface area contributed by atoms with Gasteiger partial charge in [0.1, 0.15) is 0 Å². The van der Waals surface area contributed by atoms with E-state index in [1.807, 2.05) is 0 Å². The fourth-order valence-corrected chi connectivity index (χ4v) is 4.93. The highest BCUT2D eigenvalue weighted by atomic mass is 32.2. The van der Waals surface area contributed by atoms with Crippen LogP contribution in [0.2, 0.25) is 0 Å². The first kappa shape index (κ1) is 14.7. The van der Waals surface area contributed by atoms with E-state index in [2.05, 4.69) is 10.2 Å². The second kappa shape index (κ2) is 5.76. The molecule has 7 heteroatoms. The molecule has 2 heterocycles. The van der Waals surface area contributed by atoms with E-state index in [0.717, 1.165) is 32.5 Å². The summed E-state index contributed by atoms with van der Waals surface area (Å²) < 4.78 is 23.2. The van der Waals surface area contributed by atoms with Gasteiger partial charge in [0, 0.05) is 25.6 Å². The lowest BCUT2D eigenvalue weighted by Gasteiger charge is -2.37. The smallest absolute Gasteiger partial charge is 0.216 e. The van der Waals surface area contributed by atoms with Gasteiger partial charge in [0.15, 0.2) is 9.84 Å². The van der Waals surface area contributed by atoms with Crippen LogP contribution in [-0.4, -0.2) is 62.4 Å². The molecule has 2 aliphatic heterocycles. The molecule has 0 saturated carbocycles. The molecule has 2 unspecified atom stereocenters. The van der Waals surface area contributed by atoms with Crippen LogP contribution in [0.1, 0.15) is 19.8 Å². The van der Waals surface area contributed by atoms with E-state index >= 15 is 0 Å². The van der Waals surface area contributed by atoms with Gasteiger partial charge in [-0.3, -0.25) is 9.69 Å². The number of nitrogens with two attached hydrogens (primary N) is 1. The monoisotopic (exact) mass is 289 g/mol. The highest BCUT2D eigenvalue weighted by Gasteiger charge is 2.39. The van der Waals surface area contributed by atoms with Crippen LogP contribution >= 0.6 is 0 Å². The Balaban J connectivity index is 1.82. The maximum absolute atomic E-state index is 11.6. The summed E-state index contributed by atoms with van der Waals surface area (Å²) in [5.41, 5.74) is 5.94. The minimum Gasteiger partial charge on any atom is -0.356 e. The molecule has 1 amide bonds. The molecule has 0 bridgehead atoms. The van der Waals surface area contributed by atoms with Crippen LogP contribution in [0.4, 0.5) is 0 Å². The number of hydrogen-bond donors (Lipinski definition) is 2. The third kappa shape index (κ3) is 3.90. The normalized spacial score (nSPS) is 32.3. The molecule has 110 valence electrons. The maximum Gasteiger partial charge on any atom is 0.216 e. The van der Waals surface area contributed by atoms with Gasteiger partial charge in [-0.05, 0) is 31.8 Å². The van der Waals surface area contributed by atoms with Gasteiger partial charge < -0.3 is 11.1 Å². The van der Waals surface area contributed by atoms with Crippen LogP contribution in [0.25, 0.3) is 0 Å². The van der Waals surface area contributed by atoms with Gasteiger partial charge in [-0.15, -0.1) is 0 Å². The predicted molar refractivity (Wildman–Crippen MR) is 73.4 cm³/mol. The largest absolute Gasteiger partial charge is 0.356 e. The summed E-state index contributed by atoms with van der Waals surface area (Å²) in [6.07, 6.45) is 1.98. The lowest BCUT2D eigenvalue weighted by molar-refractivity contribution is -0.119. The number of likely N-dealkylation sites (tertiary alicyclic amines) is 1. The van der Waals surface area contributed by atoms with E-state index in [4.69, 9.17) is 5.73 Å². The van der Waals surface area contributed by atoms with Gasteiger partial charge in [-0.2, -0.15) is 0 Å². The highest BCUT2D eigenvalue weighted by Crippen LogP contribution is 2.23. The van der Waals surface area contributed by atoms with Gasteiger partial charge in [0.2, 0.25) is 5.91 Å². The number of carbonyl (C=O) groups is 1. The van der Waals surface area contributed by atoms with Crippen molar-refractivity contribution < 1.29 is 13.2 Å². The molecular formula is C12H23N3O3S. The van der Waals surface area contributed by atoms with E-state index < -0.39 is 9.84 Å². The summed E-state index contributed by atoms with van der Waals surface area (Å²) in [5.74, 6) is 0.814. The molecule has 2 saturated heterocycles. The third-order valence-corrected chi connectivity index (χ3v) is 5.87. The molecule has 19 heavy (non-hydrogen) atoms. The van der Waals surface area contributed by atoms with Crippen molar-refractivity contribution in [3.8, 4) is 0 Å². The zero-order chi connectivity index (χ0) is 14.0. The highest BCUT2D eigenvalue weighted by molar-refractivity contribution is 7.91. The minimum absolute atomic E-state index is 0.00587. The van der Waals surface area contributed by atoms with E-state index in [0.29, 0.717) is 5.92 Å². The Bertz CT molecular complexity index is 430. The molecule has 0 spiro atoms. The zero-order valence-corrected chi connectivity index (χ0v) is 12.2. The van der Waals surface area contributed by atoms with Crippen molar-refractivity contribution in [2.75, 3.05) is 31.1 Å². The van der Waals surface area contributed by atoms with Gasteiger partial charge >= 0.3 is 0 Å². The van der Waals surface area contributed by atoms with Gasteiger partial charge in [-0.25, -0.2) is 8.42 Å². The molecule has 2 fully saturated rings. The quantitative estimate of drug-likeness (QED) is 0.692. The Labute approximate surface area is 114 Å². The van der Waals surface area contributed by atoms with E-state index in [1.165, 1.54) is 6.92 Å². The molecule has 0 aromatic rings. The van der Waals surface area contributed by atoms with Crippen LogP contribution in [0.15, 0.2) is 0 Å². The molecule has 3 N–H and O–H groups in total. The molecule has 2 atom stereocenters. The number of hydrogen-bond acceptors (Lipinski definition) is 5. The van der Waals surface area contributed by atoms with Crippen LogP contribution in [0, 0.1) is 5.92 Å². The van der Waals surface area contributed by atoms with Crippen LogP contribution in [0.5, 0.6) is 0 Å². The number of nitrogens with one attached hydrogen (secondary N) is 1. The Hall–Kier alpha value is -0.660. The first-order chi connectivity index (χ1) is 8.87. The Morgan fingerprint density at radius 3 is 2.42 bits per heavy atom. The average Bonchev–Trinajstić information content (AvgIpc) is 2.61. The van der Waals surface area contributed by atoms with Crippen molar-refractivity contribution in [2.24, 2.45) is 11.7 Å². The topological polar surface area (TPSA) is 92.5 Å². The maximum atomic E-state index is 11.6. The molecule has 0 aromatic heterocycles. The Morgan fingerprint density at radius 1 is 1.32 bits per heavy atom. The number of amides is 1. The third-order valence-electron chi connectivity index (χ3n) is 4.12. The van der Waals surface area contributed by atoms with Gasteiger partial charge in [0.25, 0.3) is 0 Å². The number of piperidine rings is 1. The molecule has 0 radical (unpaired) electrons. The molecule has 2 rings (SSSR count). The summed E-state index contributed by atoms with van der Waals surface area (Å²) in [4.78, 5) is 13.1. The SMILES string of the molecule is CC(=O)NCC1CCN(C2CS(=O)(=O)CC2N)CC1. The van der Waals surface area contributed by atoms with Crippen molar-refractivity contribution in [3.63, 3.8) is 0 Å². The van der Waals surface area contributed by atoms with E-state index in [-0.39, 0.29) is 29.5 Å². The fraction of sp³-hybridized carbons (Fsp3) is 0.917. The van der Waals surface area contributed by atoms with Crippen molar-refractivity contribution in [1.29, 1.82) is 0 Å². The summed E-state index contributed by atoms with van der Waals surface area (Å²) in [6, 6.07) is -0.274. The first-order valence-electron chi connectivity index (χ1n) is 6.82. The Kier molecular flexibility index (Phi) is 4.47. The second-order valence-electron chi connectivity index (χ2n) is 5.72. The lowest BCUT2D eigenvalue weighted by atomic mass is 9.95. The first-order valence-corrected chi connectivity index (χ1v) is 8.64. The fourth-order valence-electron chi connectivity index (χ4n) is 3.01. The molecule has 0 aliphatic carbocycles. The van der Waals surface area contributed by atoms with Gasteiger partial charge in [0.05, 0.1) is 11.5 Å². The van der Waals surface area contributed by atoms with Crippen LogP contribution < -0.4 is 11.1 Å². The van der Waals surface area contributed by atoms with Crippen molar-refractivity contribution >= 4 is 15.7 Å². The zero-order valence-electron chi connectivity index (χ0n) is 11.3. The number of rotatable bonds is 3. The van der Waals surface area contributed by atoms with Crippen molar-refractivity contribution in [3.05, 3.63) is 0 Å². The van der Waals surface area contributed by atoms with Crippen molar-refractivity contribution in [1.82, 2.24) is 10.2 Å². The molecule has 6 nitrogen and oxygen atoms in total. The molecule has 2 aliphatic rings.